The SMILES string of the molecule is CNCc1ccc(CN(C)Cc2ccccn2)nc1. The molecule has 2 aromatic rings. The number of nitrogens with one attached hydrogen (secondary N) is 1. The summed E-state index contributed by atoms with van der Waals surface area (Å²) in [6, 6.07) is 10.2. The van der Waals surface area contributed by atoms with Crippen LogP contribution in [0, 0.1) is 0 Å². The van der Waals surface area contributed by atoms with E-state index < -0.39 is 0 Å². The Bertz CT molecular complexity index is 481. The predicted octanol–water partition coefficient (Wildman–Crippen LogP) is 1.83. The maximum Gasteiger partial charge on any atom is 0.0544 e. The van der Waals surface area contributed by atoms with E-state index in [4.69, 9.17) is 0 Å². The monoisotopic (exact) mass is 256 g/mol. The standard InChI is InChI=1S/C15H20N4/c1-16-9-13-6-7-15(18-10-13)12-19(2)11-14-5-3-4-8-17-14/h3-8,10,16H,9,11-12H2,1-2H3. The molecule has 19 heavy (non-hydrogen) atoms. The molecule has 0 bridgehead atoms. The molecule has 0 aliphatic carbocycles. The summed E-state index contributed by atoms with van der Waals surface area (Å²) in [6.07, 6.45) is 3.76. The van der Waals surface area contributed by atoms with Gasteiger partial charge in [-0.05, 0) is 37.9 Å². The molecule has 4 nitrogen and oxygen atoms in total. The highest BCUT2D eigenvalue weighted by Crippen LogP contribution is 2.05. The van der Waals surface area contributed by atoms with Gasteiger partial charge in [0.1, 0.15) is 0 Å². The molecule has 0 atom stereocenters. The van der Waals surface area contributed by atoms with Gasteiger partial charge < -0.3 is 5.32 Å². The molecule has 0 unspecified atom stereocenters. The van der Waals surface area contributed by atoms with Crippen LogP contribution in [0.2, 0.25) is 0 Å². The van der Waals surface area contributed by atoms with Crippen molar-refractivity contribution in [1.29, 1.82) is 0 Å². The molecule has 0 amide bonds. The van der Waals surface area contributed by atoms with Crippen molar-refractivity contribution in [2.24, 2.45) is 0 Å². The molecule has 0 spiro atoms. The third kappa shape index (κ3) is 4.43. The Morgan fingerprint density at radius 3 is 2.42 bits per heavy atom. The van der Waals surface area contributed by atoms with Gasteiger partial charge in [-0.15, -0.1) is 0 Å². The van der Waals surface area contributed by atoms with Gasteiger partial charge in [0.25, 0.3) is 0 Å². The molecule has 2 heterocycles. The minimum absolute atomic E-state index is 0.830. The number of hydrogen-bond acceptors (Lipinski definition) is 4. The molecule has 100 valence electrons. The van der Waals surface area contributed by atoms with Gasteiger partial charge in [-0.2, -0.15) is 0 Å². The zero-order chi connectivity index (χ0) is 13.5. The fourth-order valence-electron chi connectivity index (χ4n) is 1.96. The maximum absolute atomic E-state index is 4.48. The Kier molecular flexibility index (Phi) is 5.01. The Labute approximate surface area is 114 Å². The average Bonchev–Trinajstić information content (AvgIpc) is 2.42. The molecule has 2 aromatic heterocycles. The summed E-state index contributed by atoms with van der Waals surface area (Å²) in [5.41, 5.74) is 3.37. The number of pyridine rings is 2. The highest BCUT2D eigenvalue weighted by molar-refractivity contribution is 5.14. The van der Waals surface area contributed by atoms with Crippen LogP contribution in [0.15, 0.2) is 42.7 Å². The molecule has 2 rings (SSSR count). The van der Waals surface area contributed by atoms with Crippen LogP contribution in [0.25, 0.3) is 0 Å². The Morgan fingerprint density at radius 1 is 1.05 bits per heavy atom. The second-order valence-electron chi connectivity index (χ2n) is 4.68. The summed E-state index contributed by atoms with van der Waals surface area (Å²) in [6.45, 7) is 2.52. The first kappa shape index (κ1) is 13.6. The summed E-state index contributed by atoms with van der Waals surface area (Å²) < 4.78 is 0. The fraction of sp³-hybridized carbons (Fsp3) is 0.333. The van der Waals surface area contributed by atoms with Gasteiger partial charge in [0.2, 0.25) is 0 Å². The Balaban J connectivity index is 1.89. The van der Waals surface area contributed by atoms with E-state index in [1.807, 2.05) is 37.6 Å². The van der Waals surface area contributed by atoms with Crippen molar-refractivity contribution in [3.8, 4) is 0 Å². The van der Waals surface area contributed by atoms with Crippen molar-refractivity contribution in [3.05, 3.63) is 59.7 Å². The first-order valence-electron chi connectivity index (χ1n) is 6.45. The summed E-state index contributed by atoms with van der Waals surface area (Å²) >= 11 is 0. The van der Waals surface area contributed by atoms with Crippen molar-refractivity contribution in [2.45, 2.75) is 19.6 Å². The van der Waals surface area contributed by atoms with Gasteiger partial charge in [-0.1, -0.05) is 12.1 Å². The van der Waals surface area contributed by atoms with Gasteiger partial charge in [-0.3, -0.25) is 14.9 Å². The van der Waals surface area contributed by atoms with Crippen molar-refractivity contribution in [3.63, 3.8) is 0 Å². The first-order valence-corrected chi connectivity index (χ1v) is 6.45. The van der Waals surface area contributed by atoms with Gasteiger partial charge in [0.05, 0.1) is 11.4 Å². The van der Waals surface area contributed by atoms with E-state index in [1.165, 1.54) is 5.56 Å². The quantitative estimate of drug-likeness (QED) is 0.856. The lowest BCUT2D eigenvalue weighted by atomic mass is 10.2. The minimum Gasteiger partial charge on any atom is -0.316 e. The van der Waals surface area contributed by atoms with E-state index in [1.54, 1.807) is 0 Å². The molecule has 0 radical (unpaired) electrons. The van der Waals surface area contributed by atoms with Crippen molar-refractivity contribution in [2.75, 3.05) is 14.1 Å². The number of nitrogens with zero attached hydrogens (tertiary/aromatic N) is 3. The van der Waals surface area contributed by atoms with E-state index in [0.717, 1.165) is 31.0 Å². The molecular weight excluding hydrogens is 236 g/mol. The third-order valence-corrected chi connectivity index (χ3v) is 2.86. The van der Waals surface area contributed by atoms with E-state index in [0.29, 0.717) is 0 Å². The van der Waals surface area contributed by atoms with Gasteiger partial charge in [0.15, 0.2) is 0 Å². The van der Waals surface area contributed by atoms with Crippen LogP contribution in [-0.4, -0.2) is 29.0 Å². The van der Waals surface area contributed by atoms with Crippen LogP contribution in [-0.2, 0) is 19.6 Å². The zero-order valence-corrected chi connectivity index (χ0v) is 11.5. The second-order valence-corrected chi connectivity index (χ2v) is 4.68. The minimum atomic E-state index is 0.830. The zero-order valence-electron chi connectivity index (χ0n) is 11.5. The van der Waals surface area contributed by atoms with E-state index in [-0.39, 0.29) is 0 Å². The van der Waals surface area contributed by atoms with E-state index in [9.17, 15) is 0 Å². The van der Waals surface area contributed by atoms with Crippen molar-refractivity contribution >= 4 is 0 Å². The number of rotatable bonds is 6. The van der Waals surface area contributed by atoms with Crippen LogP contribution in [0.5, 0.6) is 0 Å². The molecule has 0 aromatic carbocycles. The van der Waals surface area contributed by atoms with Gasteiger partial charge >= 0.3 is 0 Å². The molecule has 0 aliphatic rings. The molecule has 0 saturated heterocycles. The van der Waals surface area contributed by atoms with Crippen LogP contribution < -0.4 is 5.32 Å². The smallest absolute Gasteiger partial charge is 0.0544 e. The van der Waals surface area contributed by atoms with Crippen molar-refractivity contribution < 1.29 is 0 Å². The molecular formula is C15H20N4. The first-order chi connectivity index (χ1) is 9.28. The summed E-state index contributed by atoms with van der Waals surface area (Å²) in [5, 5.41) is 3.12. The lowest BCUT2D eigenvalue weighted by Crippen LogP contribution is -2.18. The van der Waals surface area contributed by atoms with E-state index in [2.05, 4.69) is 39.4 Å². The highest BCUT2D eigenvalue weighted by atomic mass is 15.1. The largest absolute Gasteiger partial charge is 0.316 e. The third-order valence-electron chi connectivity index (χ3n) is 2.86. The van der Waals surface area contributed by atoms with Gasteiger partial charge in [0, 0.05) is 32.0 Å². The Hall–Kier alpha value is -1.78. The van der Waals surface area contributed by atoms with Crippen LogP contribution in [0.4, 0.5) is 0 Å². The molecule has 0 aliphatic heterocycles. The number of aromatic nitrogens is 2. The van der Waals surface area contributed by atoms with Crippen LogP contribution in [0.3, 0.4) is 0 Å². The van der Waals surface area contributed by atoms with Crippen LogP contribution >= 0.6 is 0 Å². The average molecular weight is 256 g/mol. The lowest BCUT2D eigenvalue weighted by Gasteiger charge is -2.15. The predicted molar refractivity (Wildman–Crippen MR) is 76.4 cm³/mol. The molecule has 1 N–H and O–H groups in total. The molecule has 0 fully saturated rings. The molecule has 0 saturated carbocycles. The lowest BCUT2D eigenvalue weighted by molar-refractivity contribution is 0.311. The van der Waals surface area contributed by atoms with Crippen molar-refractivity contribution in [1.82, 2.24) is 20.2 Å². The number of hydrogen-bond donors (Lipinski definition) is 1. The highest BCUT2D eigenvalue weighted by Gasteiger charge is 2.03. The second kappa shape index (κ2) is 6.97. The van der Waals surface area contributed by atoms with E-state index >= 15 is 0 Å². The normalized spacial score (nSPS) is 10.9. The summed E-state index contributed by atoms with van der Waals surface area (Å²) in [5.74, 6) is 0. The molecule has 4 heteroatoms. The summed E-state index contributed by atoms with van der Waals surface area (Å²) in [4.78, 5) is 11.0. The summed E-state index contributed by atoms with van der Waals surface area (Å²) in [7, 11) is 4.02. The fourth-order valence-corrected chi connectivity index (χ4v) is 1.96. The topological polar surface area (TPSA) is 41.0 Å². The van der Waals surface area contributed by atoms with Crippen LogP contribution in [0.1, 0.15) is 17.0 Å². The van der Waals surface area contributed by atoms with Gasteiger partial charge in [-0.25, -0.2) is 0 Å². The Morgan fingerprint density at radius 2 is 1.84 bits per heavy atom. The maximum atomic E-state index is 4.48.